The lowest BCUT2D eigenvalue weighted by atomic mass is 9.99. The summed E-state index contributed by atoms with van der Waals surface area (Å²) in [6.07, 6.45) is -3.58. The molecule has 2 saturated heterocycles. The van der Waals surface area contributed by atoms with Crippen LogP contribution in [0.1, 0.15) is 19.8 Å². The van der Waals surface area contributed by atoms with Gasteiger partial charge in [-0.05, 0) is 37.6 Å². The Morgan fingerprint density at radius 3 is 2.63 bits per heavy atom. The maximum atomic E-state index is 12.3. The van der Waals surface area contributed by atoms with Crippen LogP contribution >= 0.6 is 0 Å². The Balaban J connectivity index is 1.62. The van der Waals surface area contributed by atoms with Crippen molar-refractivity contribution >= 4 is 11.6 Å². The molecule has 2 unspecified atom stereocenters. The third kappa shape index (κ3) is 5.04. The highest BCUT2D eigenvalue weighted by molar-refractivity contribution is 5.74. The zero-order chi connectivity index (χ0) is 19.7. The van der Waals surface area contributed by atoms with Gasteiger partial charge in [0.05, 0.1) is 12.2 Å². The summed E-state index contributed by atoms with van der Waals surface area (Å²) >= 11 is 0. The zero-order valence-corrected chi connectivity index (χ0v) is 15.2. The number of halogens is 3. The van der Waals surface area contributed by atoms with Gasteiger partial charge >= 0.3 is 6.36 Å². The van der Waals surface area contributed by atoms with Crippen molar-refractivity contribution in [2.75, 3.05) is 37.7 Å². The first-order valence-corrected chi connectivity index (χ1v) is 8.93. The molecule has 1 amide bonds. The molecule has 1 aromatic rings. The molecule has 0 aromatic heterocycles. The normalized spacial score (nSPS) is 25.0. The lowest BCUT2D eigenvalue weighted by Crippen LogP contribution is -2.56. The molecule has 2 aliphatic rings. The van der Waals surface area contributed by atoms with Crippen molar-refractivity contribution in [3.63, 3.8) is 0 Å². The number of ether oxygens (including phenoxy) is 2. The smallest absolute Gasteiger partial charge is 0.406 e. The lowest BCUT2D eigenvalue weighted by molar-refractivity contribution is -0.274. The van der Waals surface area contributed by atoms with Crippen molar-refractivity contribution < 1.29 is 27.4 Å². The van der Waals surface area contributed by atoms with Gasteiger partial charge < -0.3 is 20.1 Å². The fourth-order valence-electron chi connectivity index (χ4n) is 3.84. The van der Waals surface area contributed by atoms with Crippen LogP contribution in [-0.2, 0) is 9.53 Å². The predicted molar refractivity (Wildman–Crippen MR) is 93.5 cm³/mol. The second-order valence-electron chi connectivity index (χ2n) is 7.23. The minimum absolute atomic E-state index is 0.0520. The molecular weight excluding hydrogens is 363 g/mol. The van der Waals surface area contributed by atoms with Crippen LogP contribution in [0.4, 0.5) is 18.9 Å². The highest BCUT2D eigenvalue weighted by atomic mass is 19.4. The zero-order valence-electron chi connectivity index (χ0n) is 15.2. The van der Waals surface area contributed by atoms with Gasteiger partial charge in [-0.15, -0.1) is 13.2 Å². The minimum atomic E-state index is -4.69. The number of hydrogen-bond donors (Lipinski definition) is 1. The SMILES string of the molecule is CC(CC(N)=O)N1CCOC2(CCN(c3ccc(OC(F)(F)F)cc3)C2)C1. The fraction of sp³-hybridized carbons (Fsp3) is 0.611. The van der Waals surface area contributed by atoms with Crippen molar-refractivity contribution in [1.29, 1.82) is 0 Å². The predicted octanol–water partition coefficient (Wildman–Crippen LogP) is 2.13. The maximum absolute atomic E-state index is 12.3. The summed E-state index contributed by atoms with van der Waals surface area (Å²) < 4.78 is 46.8. The van der Waals surface area contributed by atoms with Crippen LogP contribution in [0, 0.1) is 0 Å². The highest BCUT2D eigenvalue weighted by Gasteiger charge is 2.43. The monoisotopic (exact) mass is 387 g/mol. The molecule has 2 heterocycles. The first-order chi connectivity index (χ1) is 12.7. The maximum Gasteiger partial charge on any atom is 0.573 e. The summed E-state index contributed by atoms with van der Waals surface area (Å²) in [6.45, 7) is 5.40. The number of anilines is 1. The van der Waals surface area contributed by atoms with Crippen LogP contribution in [0.25, 0.3) is 0 Å². The second kappa shape index (κ2) is 7.55. The van der Waals surface area contributed by atoms with Gasteiger partial charge in [0.15, 0.2) is 0 Å². The molecule has 2 aliphatic heterocycles. The summed E-state index contributed by atoms with van der Waals surface area (Å²) in [7, 11) is 0. The topological polar surface area (TPSA) is 68.0 Å². The Morgan fingerprint density at radius 2 is 2.00 bits per heavy atom. The molecule has 9 heteroatoms. The van der Waals surface area contributed by atoms with Gasteiger partial charge in [0, 0.05) is 44.3 Å². The standard InChI is InChI=1S/C18H24F3N3O3/c1-13(10-16(22)25)23-8-9-26-17(11-23)6-7-24(12-17)14-2-4-15(5-3-14)27-18(19,20)21/h2-5,13H,6-12H2,1H3,(H2,22,25). The lowest BCUT2D eigenvalue weighted by Gasteiger charge is -2.42. The van der Waals surface area contributed by atoms with Gasteiger partial charge in [-0.25, -0.2) is 0 Å². The number of rotatable bonds is 5. The van der Waals surface area contributed by atoms with E-state index < -0.39 is 6.36 Å². The minimum Gasteiger partial charge on any atom is -0.406 e. The van der Waals surface area contributed by atoms with Gasteiger partial charge in [-0.2, -0.15) is 0 Å². The van der Waals surface area contributed by atoms with E-state index in [0.29, 0.717) is 26.1 Å². The quantitative estimate of drug-likeness (QED) is 0.838. The number of hydrogen-bond acceptors (Lipinski definition) is 5. The summed E-state index contributed by atoms with van der Waals surface area (Å²) in [5.41, 5.74) is 5.79. The second-order valence-corrected chi connectivity index (χ2v) is 7.23. The van der Waals surface area contributed by atoms with E-state index in [4.69, 9.17) is 10.5 Å². The van der Waals surface area contributed by atoms with Crippen LogP contribution in [-0.4, -0.2) is 61.6 Å². The summed E-state index contributed by atoms with van der Waals surface area (Å²) in [5.74, 6) is -0.558. The van der Waals surface area contributed by atoms with E-state index >= 15 is 0 Å². The average Bonchev–Trinajstić information content (AvgIpc) is 2.97. The number of carbonyl (C=O) groups is 1. The molecule has 2 N–H and O–H groups in total. The molecular formula is C18H24F3N3O3. The van der Waals surface area contributed by atoms with E-state index in [1.54, 1.807) is 12.1 Å². The van der Waals surface area contributed by atoms with Crippen LogP contribution in [0.2, 0.25) is 0 Å². The van der Waals surface area contributed by atoms with Crippen molar-refractivity contribution in [2.45, 2.75) is 37.8 Å². The van der Waals surface area contributed by atoms with E-state index in [9.17, 15) is 18.0 Å². The Bertz CT molecular complexity index is 668. The molecule has 3 rings (SSSR count). The molecule has 1 spiro atoms. The van der Waals surface area contributed by atoms with Gasteiger partial charge in [0.1, 0.15) is 5.75 Å². The summed E-state index contributed by atoms with van der Waals surface area (Å²) in [5, 5.41) is 0. The van der Waals surface area contributed by atoms with E-state index in [-0.39, 0.29) is 23.3 Å². The Morgan fingerprint density at radius 1 is 1.30 bits per heavy atom. The first-order valence-electron chi connectivity index (χ1n) is 8.93. The molecule has 6 nitrogen and oxygen atoms in total. The number of nitrogens with zero attached hydrogens (tertiary/aromatic N) is 2. The van der Waals surface area contributed by atoms with Crippen LogP contribution < -0.4 is 15.4 Å². The fourth-order valence-corrected chi connectivity index (χ4v) is 3.84. The van der Waals surface area contributed by atoms with Crippen LogP contribution in [0.15, 0.2) is 24.3 Å². The number of primary amides is 1. The van der Waals surface area contributed by atoms with Crippen LogP contribution in [0.3, 0.4) is 0 Å². The molecule has 150 valence electrons. The highest BCUT2D eigenvalue weighted by Crippen LogP contribution is 2.34. The van der Waals surface area contributed by atoms with Gasteiger partial charge in [0.25, 0.3) is 0 Å². The molecule has 1 aromatic carbocycles. The van der Waals surface area contributed by atoms with Crippen molar-refractivity contribution in [2.24, 2.45) is 5.73 Å². The van der Waals surface area contributed by atoms with E-state index in [0.717, 1.165) is 25.2 Å². The third-order valence-electron chi connectivity index (χ3n) is 5.15. The Hall–Kier alpha value is -2.00. The van der Waals surface area contributed by atoms with Gasteiger partial charge in [-0.1, -0.05) is 0 Å². The molecule has 0 radical (unpaired) electrons. The number of nitrogens with two attached hydrogens (primary N) is 1. The van der Waals surface area contributed by atoms with Gasteiger partial charge in [-0.3, -0.25) is 9.69 Å². The first kappa shape index (κ1) is 19.8. The number of benzene rings is 1. The largest absolute Gasteiger partial charge is 0.573 e. The number of amides is 1. The molecule has 2 atom stereocenters. The number of carbonyl (C=O) groups excluding carboxylic acids is 1. The van der Waals surface area contributed by atoms with Crippen molar-refractivity contribution in [1.82, 2.24) is 4.90 Å². The van der Waals surface area contributed by atoms with E-state index in [1.807, 2.05) is 6.92 Å². The van der Waals surface area contributed by atoms with Crippen molar-refractivity contribution in [3.05, 3.63) is 24.3 Å². The summed E-state index contributed by atoms with van der Waals surface area (Å²) in [4.78, 5) is 15.5. The van der Waals surface area contributed by atoms with E-state index in [1.165, 1.54) is 12.1 Å². The Kier molecular flexibility index (Phi) is 5.53. The number of alkyl halides is 3. The molecule has 0 saturated carbocycles. The van der Waals surface area contributed by atoms with E-state index in [2.05, 4.69) is 14.5 Å². The Labute approximate surface area is 156 Å². The third-order valence-corrected chi connectivity index (χ3v) is 5.15. The van der Waals surface area contributed by atoms with Crippen molar-refractivity contribution in [3.8, 4) is 5.75 Å². The molecule has 27 heavy (non-hydrogen) atoms. The average molecular weight is 387 g/mol. The molecule has 0 aliphatic carbocycles. The number of morpholine rings is 1. The molecule has 0 bridgehead atoms. The van der Waals surface area contributed by atoms with Crippen LogP contribution in [0.5, 0.6) is 5.75 Å². The molecule has 2 fully saturated rings. The van der Waals surface area contributed by atoms with Gasteiger partial charge in [0.2, 0.25) is 5.91 Å². The summed E-state index contributed by atoms with van der Waals surface area (Å²) in [6, 6.07) is 5.93.